The first kappa shape index (κ1) is 24.1. The summed E-state index contributed by atoms with van der Waals surface area (Å²) in [7, 11) is 1.44. The van der Waals surface area contributed by atoms with Gasteiger partial charge in [0, 0.05) is 48.4 Å². The van der Waals surface area contributed by atoms with Gasteiger partial charge in [0.2, 0.25) is 0 Å². The standard InChI is InChI=1S/C28H29F2N3O4/c1-36-28(27(34)35)10-6-16(7-11-28)22-23-21(14-18-15-31-32-25(18)24(23)30)33(20-4-2-19(29)3-5-20)26(22)17-8-12-37-13-9-17/h2-5,14-17H,6-13H2,1H3,(H,31,32)(H,34,35). The summed E-state index contributed by atoms with van der Waals surface area (Å²) in [5, 5.41) is 17.9. The zero-order chi connectivity index (χ0) is 25.7. The highest BCUT2D eigenvalue weighted by atomic mass is 19.1. The Morgan fingerprint density at radius 1 is 1.14 bits per heavy atom. The normalized spacial score (nSPS) is 23.2. The smallest absolute Gasteiger partial charge is 0.335 e. The van der Waals surface area contributed by atoms with Crippen molar-refractivity contribution in [1.29, 1.82) is 0 Å². The fourth-order valence-corrected chi connectivity index (χ4v) is 6.38. The molecule has 37 heavy (non-hydrogen) atoms. The number of halogens is 2. The number of nitrogens with one attached hydrogen (secondary N) is 1. The summed E-state index contributed by atoms with van der Waals surface area (Å²) in [5.74, 6) is -1.60. The van der Waals surface area contributed by atoms with Gasteiger partial charge in [-0.1, -0.05) is 0 Å². The summed E-state index contributed by atoms with van der Waals surface area (Å²) >= 11 is 0. The number of H-pyrrole nitrogens is 1. The monoisotopic (exact) mass is 509 g/mol. The van der Waals surface area contributed by atoms with Crippen molar-refractivity contribution in [2.45, 2.75) is 56.0 Å². The first-order valence-corrected chi connectivity index (χ1v) is 12.8. The van der Waals surface area contributed by atoms with Crippen LogP contribution in [0.2, 0.25) is 0 Å². The fraction of sp³-hybridized carbons (Fsp3) is 0.429. The molecule has 6 rings (SSSR count). The van der Waals surface area contributed by atoms with Gasteiger partial charge in [-0.25, -0.2) is 13.6 Å². The van der Waals surface area contributed by atoms with Gasteiger partial charge in [-0.2, -0.15) is 5.10 Å². The van der Waals surface area contributed by atoms with Crippen LogP contribution in [-0.4, -0.2) is 51.8 Å². The van der Waals surface area contributed by atoms with Crippen molar-refractivity contribution in [3.05, 3.63) is 59.4 Å². The van der Waals surface area contributed by atoms with E-state index in [1.807, 2.05) is 6.07 Å². The predicted octanol–water partition coefficient (Wildman–Crippen LogP) is 5.81. The number of carbonyl (C=O) groups is 1. The zero-order valence-corrected chi connectivity index (χ0v) is 20.6. The van der Waals surface area contributed by atoms with E-state index in [4.69, 9.17) is 9.47 Å². The van der Waals surface area contributed by atoms with Crippen LogP contribution in [0, 0.1) is 11.6 Å². The molecule has 4 aromatic rings. The van der Waals surface area contributed by atoms with E-state index in [0.717, 1.165) is 29.8 Å². The lowest BCUT2D eigenvalue weighted by Gasteiger charge is -2.36. The highest BCUT2D eigenvalue weighted by Crippen LogP contribution is 2.49. The third-order valence-electron chi connectivity index (χ3n) is 8.36. The summed E-state index contributed by atoms with van der Waals surface area (Å²) < 4.78 is 43.4. The quantitative estimate of drug-likeness (QED) is 0.355. The predicted molar refractivity (Wildman–Crippen MR) is 134 cm³/mol. The van der Waals surface area contributed by atoms with Crippen LogP contribution >= 0.6 is 0 Å². The number of hydrogen-bond donors (Lipinski definition) is 2. The van der Waals surface area contributed by atoms with E-state index in [0.29, 0.717) is 60.7 Å². The van der Waals surface area contributed by atoms with Gasteiger partial charge in [-0.05, 0) is 80.3 Å². The van der Waals surface area contributed by atoms with Crippen LogP contribution < -0.4 is 0 Å². The Kier molecular flexibility index (Phi) is 6.00. The van der Waals surface area contributed by atoms with Crippen LogP contribution in [0.5, 0.6) is 0 Å². The van der Waals surface area contributed by atoms with Crippen molar-refractivity contribution >= 4 is 27.8 Å². The lowest BCUT2D eigenvalue weighted by atomic mass is 9.74. The molecule has 0 radical (unpaired) electrons. The van der Waals surface area contributed by atoms with Crippen molar-refractivity contribution in [3.63, 3.8) is 0 Å². The number of nitrogens with zero attached hydrogens (tertiary/aromatic N) is 2. The largest absolute Gasteiger partial charge is 0.479 e. The van der Waals surface area contributed by atoms with Crippen LogP contribution in [0.25, 0.3) is 27.5 Å². The van der Waals surface area contributed by atoms with E-state index in [9.17, 15) is 14.3 Å². The van der Waals surface area contributed by atoms with E-state index < -0.39 is 11.6 Å². The molecule has 0 bridgehead atoms. The molecule has 194 valence electrons. The van der Waals surface area contributed by atoms with Crippen LogP contribution in [0.3, 0.4) is 0 Å². The van der Waals surface area contributed by atoms with Gasteiger partial charge in [0.05, 0.1) is 11.7 Å². The fourth-order valence-electron chi connectivity index (χ4n) is 6.38. The van der Waals surface area contributed by atoms with E-state index in [1.165, 1.54) is 19.2 Å². The minimum absolute atomic E-state index is 0.0560. The first-order chi connectivity index (χ1) is 17.9. The first-order valence-electron chi connectivity index (χ1n) is 12.8. The molecule has 0 unspecified atom stereocenters. The minimum Gasteiger partial charge on any atom is -0.479 e. The number of aromatic nitrogens is 3. The topological polar surface area (TPSA) is 89.4 Å². The summed E-state index contributed by atoms with van der Waals surface area (Å²) in [4.78, 5) is 12.0. The average molecular weight is 510 g/mol. The van der Waals surface area contributed by atoms with Gasteiger partial charge >= 0.3 is 5.97 Å². The van der Waals surface area contributed by atoms with Gasteiger partial charge in [0.1, 0.15) is 11.3 Å². The molecule has 7 nitrogen and oxygen atoms in total. The van der Waals surface area contributed by atoms with Crippen LogP contribution in [0.1, 0.15) is 61.6 Å². The zero-order valence-electron chi connectivity index (χ0n) is 20.6. The summed E-state index contributed by atoms with van der Waals surface area (Å²) in [6.07, 6.45) is 4.97. The van der Waals surface area contributed by atoms with Gasteiger partial charge in [-0.15, -0.1) is 0 Å². The van der Waals surface area contributed by atoms with Gasteiger partial charge < -0.3 is 19.1 Å². The minimum atomic E-state index is -1.22. The third-order valence-corrected chi connectivity index (χ3v) is 8.36. The molecule has 2 N–H and O–H groups in total. The number of hydrogen-bond acceptors (Lipinski definition) is 4. The third kappa shape index (κ3) is 3.83. The Hall–Kier alpha value is -3.30. The number of carboxylic acids is 1. The molecule has 2 aromatic carbocycles. The lowest BCUT2D eigenvalue weighted by molar-refractivity contribution is -0.166. The van der Waals surface area contributed by atoms with E-state index in [1.54, 1.807) is 18.3 Å². The summed E-state index contributed by atoms with van der Waals surface area (Å²) in [6.45, 7) is 1.22. The molecule has 1 aliphatic carbocycles. The van der Waals surface area contributed by atoms with Crippen molar-refractivity contribution < 1.29 is 28.2 Å². The number of aromatic amines is 1. The van der Waals surface area contributed by atoms with Crippen LogP contribution in [0.15, 0.2) is 36.5 Å². The molecule has 1 saturated carbocycles. The molecule has 1 saturated heterocycles. The SMILES string of the molecule is COC1(C(=O)O)CCC(c2c(C3CCOCC3)n(-c3ccc(F)cc3)c3cc4cn[nH]c4c(F)c23)CC1. The second-order valence-electron chi connectivity index (χ2n) is 10.2. The van der Waals surface area contributed by atoms with Crippen LogP contribution in [0.4, 0.5) is 8.78 Å². The highest BCUT2D eigenvalue weighted by Gasteiger charge is 2.44. The van der Waals surface area contributed by atoms with Crippen molar-refractivity contribution in [1.82, 2.24) is 14.8 Å². The maximum atomic E-state index is 16.3. The summed E-state index contributed by atoms with van der Waals surface area (Å²) in [5.41, 5.74) is 2.51. The molecular formula is C28H29F2N3O4. The average Bonchev–Trinajstić information content (AvgIpc) is 3.53. The number of ether oxygens (including phenoxy) is 2. The molecular weight excluding hydrogens is 480 g/mol. The van der Waals surface area contributed by atoms with Gasteiger partial charge in [0.15, 0.2) is 11.4 Å². The Morgan fingerprint density at radius 3 is 2.49 bits per heavy atom. The van der Waals surface area contributed by atoms with E-state index in [-0.39, 0.29) is 23.5 Å². The molecule has 2 fully saturated rings. The number of rotatable bonds is 5. The van der Waals surface area contributed by atoms with Crippen molar-refractivity contribution in [2.24, 2.45) is 0 Å². The molecule has 0 spiro atoms. The second-order valence-corrected chi connectivity index (χ2v) is 10.2. The maximum absolute atomic E-state index is 16.3. The molecule has 3 heterocycles. The second kappa shape index (κ2) is 9.22. The van der Waals surface area contributed by atoms with Gasteiger partial charge in [-0.3, -0.25) is 5.10 Å². The Bertz CT molecular complexity index is 1460. The molecule has 2 aliphatic rings. The molecule has 2 aromatic heterocycles. The molecule has 0 atom stereocenters. The summed E-state index contributed by atoms with van der Waals surface area (Å²) in [6, 6.07) is 8.22. The molecule has 0 amide bonds. The molecule has 9 heteroatoms. The number of aliphatic carboxylic acids is 1. The van der Waals surface area contributed by atoms with Crippen molar-refractivity contribution in [3.8, 4) is 5.69 Å². The van der Waals surface area contributed by atoms with Crippen molar-refractivity contribution in [2.75, 3.05) is 20.3 Å². The van der Waals surface area contributed by atoms with Gasteiger partial charge in [0.25, 0.3) is 0 Å². The highest BCUT2D eigenvalue weighted by molar-refractivity contribution is 6.00. The maximum Gasteiger partial charge on any atom is 0.335 e. The molecule has 1 aliphatic heterocycles. The Labute approximate surface area is 212 Å². The number of methoxy groups -OCH3 is 1. The number of benzene rings is 2. The Balaban J connectivity index is 1.62. The van der Waals surface area contributed by atoms with E-state index >= 15 is 4.39 Å². The Morgan fingerprint density at radius 2 is 1.84 bits per heavy atom. The van der Waals surface area contributed by atoms with Crippen LogP contribution in [-0.2, 0) is 14.3 Å². The van der Waals surface area contributed by atoms with E-state index in [2.05, 4.69) is 14.8 Å². The number of carboxylic acid groups (broad SMARTS) is 1. The lowest BCUT2D eigenvalue weighted by Crippen LogP contribution is -2.43. The number of fused-ring (bicyclic) bond motifs is 2.